The van der Waals surface area contributed by atoms with E-state index >= 15 is 0 Å². The van der Waals surface area contributed by atoms with E-state index in [0.717, 1.165) is 44.9 Å². The van der Waals surface area contributed by atoms with Gasteiger partial charge in [0.15, 0.2) is 0 Å². The molecule has 0 aliphatic carbocycles. The number of hydrogen-bond donors (Lipinski definition) is 3. The van der Waals surface area contributed by atoms with Crippen LogP contribution in [0.4, 0.5) is 0 Å². The Morgan fingerprint density at radius 3 is 1.22 bits per heavy atom. The molecule has 0 heterocycles. The smallest absolute Gasteiger partial charge is 0.305 e. The molecular weight excluding hydrogens is 743 g/mol. The van der Waals surface area contributed by atoms with Crippen molar-refractivity contribution in [2.45, 2.75) is 309 Å². The van der Waals surface area contributed by atoms with E-state index in [1.807, 2.05) is 0 Å². The van der Waals surface area contributed by atoms with Crippen molar-refractivity contribution in [3.05, 3.63) is 12.2 Å². The van der Waals surface area contributed by atoms with Crippen molar-refractivity contribution in [2.24, 2.45) is 0 Å². The number of amides is 1. The van der Waals surface area contributed by atoms with Crippen LogP contribution in [0.3, 0.4) is 0 Å². The lowest BCUT2D eigenvalue weighted by Gasteiger charge is -2.22. The number of aliphatic hydroxyl groups is 2. The van der Waals surface area contributed by atoms with Gasteiger partial charge in [-0.1, -0.05) is 244 Å². The van der Waals surface area contributed by atoms with Gasteiger partial charge < -0.3 is 20.3 Å². The van der Waals surface area contributed by atoms with Crippen LogP contribution in [0.2, 0.25) is 0 Å². The summed E-state index contributed by atoms with van der Waals surface area (Å²) in [6, 6.07) is -0.541. The molecule has 0 aliphatic rings. The normalized spacial score (nSPS) is 12.7. The number of nitrogens with one attached hydrogen (secondary N) is 1. The second kappa shape index (κ2) is 50.2. The molecule has 0 fully saturated rings. The van der Waals surface area contributed by atoms with Gasteiger partial charge in [-0.2, -0.15) is 0 Å². The largest absolute Gasteiger partial charge is 0.466 e. The highest BCUT2D eigenvalue weighted by atomic mass is 16.5. The third kappa shape index (κ3) is 46.1. The topological polar surface area (TPSA) is 95.9 Å². The number of esters is 1. The number of allylic oxidation sites excluding steroid dienone is 2. The Morgan fingerprint density at radius 1 is 0.450 bits per heavy atom. The summed E-state index contributed by atoms with van der Waals surface area (Å²) in [6.45, 7) is 4.92. The molecule has 6 heteroatoms. The van der Waals surface area contributed by atoms with Crippen LogP contribution in [-0.2, 0) is 14.3 Å². The summed E-state index contributed by atoms with van der Waals surface area (Å²) in [5.41, 5.74) is 0. The average Bonchev–Trinajstić information content (AvgIpc) is 3.25. The molecule has 60 heavy (non-hydrogen) atoms. The minimum Gasteiger partial charge on any atom is -0.466 e. The van der Waals surface area contributed by atoms with E-state index in [4.69, 9.17) is 4.74 Å². The maximum Gasteiger partial charge on any atom is 0.305 e. The summed E-state index contributed by atoms with van der Waals surface area (Å²) in [4.78, 5) is 24.4. The molecular formula is C54H105NO5. The summed E-state index contributed by atoms with van der Waals surface area (Å²) in [5, 5.41) is 23.2. The molecule has 0 aromatic heterocycles. The molecule has 2 atom stereocenters. The second-order valence-electron chi connectivity index (χ2n) is 18.6. The molecule has 2 unspecified atom stereocenters. The molecule has 0 aromatic rings. The quantitative estimate of drug-likeness (QED) is 0.0322. The Labute approximate surface area is 374 Å². The molecule has 0 spiro atoms. The van der Waals surface area contributed by atoms with Gasteiger partial charge in [-0.15, -0.1) is 0 Å². The van der Waals surface area contributed by atoms with Gasteiger partial charge in [0.1, 0.15) is 0 Å². The van der Waals surface area contributed by atoms with Crippen LogP contribution in [0, 0.1) is 0 Å². The van der Waals surface area contributed by atoms with Crippen molar-refractivity contribution in [2.75, 3.05) is 13.2 Å². The van der Waals surface area contributed by atoms with E-state index in [-0.39, 0.29) is 18.5 Å². The molecule has 0 aromatic carbocycles. The Kier molecular flexibility index (Phi) is 49.1. The highest BCUT2D eigenvalue weighted by molar-refractivity contribution is 5.76. The number of hydrogen-bond acceptors (Lipinski definition) is 5. The summed E-state index contributed by atoms with van der Waals surface area (Å²) in [5.74, 6) is -0.0387. The highest BCUT2D eigenvalue weighted by Crippen LogP contribution is 2.17. The third-order valence-corrected chi connectivity index (χ3v) is 12.6. The highest BCUT2D eigenvalue weighted by Gasteiger charge is 2.20. The maximum atomic E-state index is 12.4. The third-order valence-electron chi connectivity index (χ3n) is 12.6. The SMILES string of the molecule is CCCCC/C=C\CCCCCCCC(=O)OCCCCCCCCCCCCCCCCCCCCCC(=O)NC(CO)C(O)CCCCCCCCCCCCCC. The maximum absolute atomic E-state index is 12.4. The summed E-state index contributed by atoms with van der Waals surface area (Å²) in [6.07, 6.45) is 57.6. The van der Waals surface area contributed by atoms with Gasteiger partial charge in [-0.3, -0.25) is 9.59 Å². The van der Waals surface area contributed by atoms with E-state index in [9.17, 15) is 19.8 Å². The molecule has 356 valence electrons. The summed E-state index contributed by atoms with van der Waals surface area (Å²) in [7, 11) is 0. The number of carbonyl (C=O) groups is 2. The lowest BCUT2D eigenvalue weighted by molar-refractivity contribution is -0.143. The predicted molar refractivity (Wildman–Crippen MR) is 260 cm³/mol. The molecule has 0 rings (SSSR count). The first-order valence-electron chi connectivity index (χ1n) is 26.9. The molecule has 6 nitrogen and oxygen atoms in total. The Balaban J connectivity index is 3.39. The first-order chi connectivity index (χ1) is 29.5. The fourth-order valence-electron chi connectivity index (χ4n) is 8.40. The van der Waals surface area contributed by atoms with Gasteiger partial charge in [-0.25, -0.2) is 0 Å². The van der Waals surface area contributed by atoms with Gasteiger partial charge >= 0.3 is 5.97 Å². The second-order valence-corrected chi connectivity index (χ2v) is 18.6. The number of aliphatic hydroxyl groups excluding tert-OH is 2. The van der Waals surface area contributed by atoms with E-state index in [1.54, 1.807) is 0 Å². The van der Waals surface area contributed by atoms with Crippen LogP contribution >= 0.6 is 0 Å². The Morgan fingerprint density at radius 2 is 0.783 bits per heavy atom. The minimum absolute atomic E-state index is 0.000919. The molecule has 3 N–H and O–H groups in total. The standard InChI is InChI=1S/C54H105NO5/c1-3-5-7-9-11-13-15-26-30-34-38-42-46-52(57)51(50-56)55-53(58)47-43-39-35-31-27-24-22-20-18-17-19-21-23-25-29-33-37-41-45-49-60-54(59)48-44-40-36-32-28-16-14-12-10-8-6-4-2/h12,14,51-52,56-57H,3-11,13,15-50H2,1-2H3,(H,55,58)/b14-12-. The average molecular weight is 848 g/mol. The molecule has 0 bridgehead atoms. The fourth-order valence-corrected chi connectivity index (χ4v) is 8.40. The summed E-state index contributed by atoms with van der Waals surface area (Å²) < 4.78 is 5.46. The van der Waals surface area contributed by atoms with Crippen LogP contribution in [0.5, 0.6) is 0 Å². The van der Waals surface area contributed by atoms with Crippen LogP contribution in [0.1, 0.15) is 296 Å². The predicted octanol–water partition coefficient (Wildman–Crippen LogP) is 16.1. The van der Waals surface area contributed by atoms with E-state index in [2.05, 4.69) is 31.3 Å². The van der Waals surface area contributed by atoms with Gasteiger partial charge in [0.25, 0.3) is 0 Å². The zero-order chi connectivity index (χ0) is 43.7. The van der Waals surface area contributed by atoms with Crippen molar-refractivity contribution >= 4 is 11.9 Å². The molecule has 0 saturated heterocycles. The zero-order valence-electron chi connectivity index (χ0n) is 40.5. The summed E-state index contributed by atoms with van der Waals surface area (Å²) >= 11 is 0. The molecule has 0 radical (unpaired) electrons. The fraction of sp³-hybridized carbons (Fsp3) is 0.926. The van der Waals surface area contributed by atoms with Gasteiger partial charge in [0, 0.05) is 12.8 Å². The molecule has 0 saturated carbocycles. The Hall–Kier alpha value is -1.40. The number of unbranched alkanes of at least 4 members (excludes halogenated alkanes) is 37. The van der Waals surface area contributed by atoms with Gasteiger partial charge in [0.05, 0.1) is 25.4 Å². The number of rotatable bonds is 50. The van der Waals surface area contributed by atoms with Crippen LogP contribution in [-0.4, -0.2) is 47.4 Å². The number of carbonyl (C=O) groups excluding carboxylic acids is 2. The van der Waals surface area contributed by atoms with E-state index < -0.39 is 12.1 Å². The van der Waals surface area contributed by atoms with Crippen LogP contribution in [0.25, 0.3) is 0 Å². The number of ether oxygens (including phenoxy) is 1. The van der Waals surface area contributed by atoms with Crippen molar-refractivity contribution in [3.63, 3.8) is 0 Å². The van der Waals surface area contributed by atoms with Gasteiger partial charge in [-0.05, 0) is 51.4 Å². The molecule has 0 aliphatic heterocycles. The van der Waals surface area contributed by atoms with Crippen molar-refractivity contribution in [3.8, 4) is 0 Å². The minimum atomic E-state index is -0.664. The first-order valence-corrected chi connectivity index (χ1v) is 26.9. The van der Waals surface area contributed by atoms with Crippen LogP contribution < -0.4 is 5.32 Å². The lowest BCUT2D eigenvalue weighted by atomic mass is 10.0. The van der Waals surface area contributed by atoms with Gasteiger partial charge in [0.2, 0.25) is 5.91 Å². The van der Waals surface area contributed by atoms with Crippen molar-refractivity contribution < 1.29 is 24.5 Å². The monoisotopic (exact) mass is 848 g/mol. The van der Waals surface area contributed by atoms with Crippen molar-refractivity contribution in [1.29, 1.82) is 0 Å². The Bertz CT molecular complexity index is 893. The first kappa shape index (κ1) is 58.6. The zero-order valence-corrected chi connectivity index (χ0v) is 40.5. The van der Waals surface area contributed by atoms with Crippen molar-refractivity contribution in [1.82, 2.24) is 5.32 Å². The van der Waals surface area contributed by atoms with E-state index in [1.165, 1.54) is 218 Å². The van der Waals surface area contributed by atoms with Crippen LogP contribution in [0.15, 0.2) is 12.2 Å². The lowest BCUT2D eigenvalue weighted by Crippen LogP contribution is -2.45. The van der Waals surface area contributed by atoms with E-state index in [0.29, 0.717) is 25.9 Å². The molecule has 1 amide bonds.